The molecular formula is C12H15FN2OS. The van der Waals surface area contributed by atoms with Crippen molar-refractivity contribution in [1.82, 2.24) is 9.88 Å². The van der Waals surface area contributed by atoms with E-state index in [9.17, 15) is 9.18 Å². The highest BCUT2D eigenvalue weighted by Crippen LogP contribution is 2.25. The zero-order chi connectivity index (χ0) is 12.4. The topological polar surface area (TPSA) is 33.2 Å². The standard InChI is InChI=1S/C12H15FN2OS/c1-8-9(2)17-6-5-15(8)12(16)10-3-4-11(13)14-7-10/h3-4,7-9H,5-6H2,1-2H3. The maximum Gasteiger partial charge on any atom is 0.255 e. The summed E-state index contributed by atoms with van der Waals surface area (Å²) in [6.45, 7) is 4.91. The number of rotatable bonds is 1. The van der Waals surface area contributed by atoms with Crippen LogP contribution in [0.5, 0.6) is 0 Å². The molecule has 17 heavy (non-hydrogen) atoms. The van der Waals surface area contributed by atoms with Gasteiger partial charge in [0.15, 0.2) is 0 Å². The van der Waals surface area contributed by atoms with E-state index in [4.69, 9.17) is 0 Å². The summed E-state index contributed by atoms with van der Waals surface area (Å²) in [5, 5.41) is 0.432. The van der Waals surface area contributed by atoms with E-state index in [0.29, 0.717) is 10.8 Å². The van der Waals surface area contributed by atoms with Gasteiger partial charge in [-0.1, -0.05) is 6.92 Å². The first kappa shape index (κ1) is 12.4. The van der Waals surface area contributed by atoms with Crippen LogP contribution in [0.4, 0.5) is 4.39 Å². The van der Waals surface area contributed by atoms with E-state index in [1.54, 1.807) is 0 Å². The van der Waals surface area contributed by atoms with Gasteiger partial charge in [-0.3, -0.25) is 4.79 Å². The smallest absolute Gasteiger partial charge is 0.255 e. The van der Waals surface area contributed by atoms with Crippen molar-refractivity contribution in [3.8, 4) is 0 Å². The lowest BCUT2D eigenvalue weighted by Crippen LogP contribution is -2.47. The van der Waals surface area contributed by atoms with E-state index in [1.165, 1.54) is 18.3 Å². The van der Waals surface area contributed by atoms with Gasteiger partial charge in [0.2, 0.25) is 5.95 Å². The lowest BCUT2D eigenvalue weighted by Gasteiger charge is -2.37. The number of thioether (sulfide) groups is 1. The number of amides is 1. The van der Waals surface area contributed by atoms with Crippen molar-refractivity contribution in [1.29, 1.82) is 0 Å². The molecule has 2 heterocycles. The van der Waals surface area contributed by atoms with E-state index in [-0.39, 0.29) is 11.9 Å². The number of aromatic nitrogens is 1. The summed E-state index contributed by atoms with van der Waals surface area (Å²) in [7, 11) is 0. The summed E-state index contributed by atoms with van der Waals surface area (Å²) in [6, 6.07) is 2.91. The molecule has 2 unspecified atom stereocenters. The molecule has 1 aliphatic rings. The van der Waals surface area contributed by atoms with Crippen molar-refractivity contribution in [3.63, 3.8) is 0 Å². The summed E-state index contributed by atoms with van der Waals surface area (Å²) >= 11 is 1.88. The van der Waals surface area contributed by atoms with Gasteiger partial charge in [0.25, 0.3) is 5.91 Å². The largest absolute Gasteiger partial charge is 0.334 e. The van der Waals surface area contributed by atoms with E-state index < -0.39 is 5.95 Å². The maximum absolute atomic E-state index is 12.7. The average molecular weight is 254 g/mol. The third-order valence-electron chi connectivity index (χ3n) is 3.12. The molecule has 1 fully saturated rings. The zero-order valence-corrected chi connectivity index (χ0v) is 10.7. The van der Waals surface area contributed by atoms with Gasteiger partial charge in [0, 0.05) is 29.8 Å². The van der Waals surface area contributed by atoms with Crippen LogP contribution in [0.25, 0.3) is 0 Å². The molecule has 0 aliphatic carbocycles. The van der Waals surface area contributed by atoms with E-state index in [0.717, 1.165) is 12.3 Å². The van der Waals surface area contributed by atoms with E-state index >= 15 is 0 Å². The van der Waals surface area contributed by atoms with Crippen molar-refractivity contribution in [2.45, 2.75) is 25.1 Å². The van der Waals surface area contributed by atoms with Crippen LogP contribution in [0.3, 0.4) is 0 Å². The normalized spacial score (nSPS) is 24.8. The third-order valence-corrected chi connectivity index (χ3v) is 4.46. The SMILES string of the molecule is CC1SCCN(C(=O)c2ccc(F)nc2)C1C. The average Bonchev–Trinajstić information content (AvgIpc) is 2.33. The van der Waals surface area contributed by atoms with Crippen LogP contribution in [0, 0.1) is 5.95 Å². The Morgan fingerprint density at radius 2 is 2.29 bits per heavy atom. The number of halogens is 1. The Bertz CT molecular complexity index is 409. The maximum atomic E-state index is 12.7. The van der Waals surface area contributed by atoms with Gasteiger partial charge in [-0.25, -0.2) is 4.98 Å². The van der Waals surface area contributed by atoms with Crippen molar-refractivity contribution < 1.29 is 9.18 Å². The number of carbonyl (C=O) groups is 1. The van der Waals surface area contributed by atoms with Gasteiger partial charge in [-0.05, 0) is 19.1 Å². The van der Waals surface area contributed by atoms with Gasteiger partial charge in [0.1, 0.15) is 0 Å². The summed E-state index contributed by atoms with van der Waals surface area (Å²) < 4.78 is 12.7. The highest BCUT2D eigenvalue weighted by Gasteiger charge is 2.29. The molecule has 0 N–H and O–H groups in total. The minimum Gasteiger partial charge on any atom is -0.334 e. The minimum absolute atomic E-state index is 0.0582. The molecule has 2 atom stereocenters. The lowest BCUT2D eigenvalue weighted by molar-refractivity contribution is 0.0697. The Hall–Kier alpha value is -1.10. The number of hydrogen-bond acceptors (Lipinski definition) is 3. The fourth-order valence-corrected chi connectivity index (χ4v) is 2.99. The zero-order valence-electron chi connectivity index (χ0n) is 9.89. The van der Waals surface area contributed by atoms with Crippen LogP contribution in [-0.2, 0) is 0 Å². The second-order valence-corrected chi connectivity index (χ2v) is 5.67. The summed E-state index contributed by atoms with van der Waals surface area (Å²) in [5.41, 5.74) is 0.456. The highest BCUT2D eigenvalue weighted by atomic mass is 32.2. The van der Waals surface area contributed by atoms with Gasteiger partial charge in [-0.15, -0.1) is 0 Å². The van der Waals surface area contributed by atoms with E-state index in [2.05, 4.69) is 11.9 Å². The monoisotopic (exact) mass is 254 g/mol. The Labute approximate surface area is 104 Å². The number of nitrogens with zero attached hydrogens (tertiary/aromatic N) is 2. The van der Waals surface area contributed by atoms with Crippen LogP contribution in [0.15, 0.2) is 18.3 Å². The van der Waals surface area contributed by atoms with Crippen molar-refractivity contribution in [3.05, 3.63) is 29.8 Å². The van der Waals surface area contributed by atoms with Crippen LogP contribution in [0.1, 0.15) is 24.2 Å². The van der Waals surface area contributed by atoms with Gasteiger partial charge in [0.05, 0.1) is 5.56 Å². The predicted molar refractivity (Wildman–Crippen MR) is 66.6 cm³/mol. The molecule has 1 aliphatic heterocycles. The van der Waals surface area contributed by atoms with Gasteiger partial charge in [-0.2, -0.15) is 16.2 Å². The molecule has 92 valence electrons. The Balaban J connectivity index is 2.16. The lowest BCUT2D eigenvalue weighted by atomic mass is 10.1. The molecule has 5 heteroatoms. The second kappa shape index (κ2) is 5.04. The Morgan fingerprint density at radius 3 is 2.94 bits per heavy atom. The molecule has 0 spiro atoms. The molecule has 0 saturated carbocycles. The molecule has 0 aromatic carbocycles. The molecule has 3 nitrogen and oxygen atoms in total. The van der Waals surface area contributed by atoms with Crippen LogP contribution < -0.4 is 0 Å². The molecular weight excluding hydrogens is 239 g/mol. The summed E-state index contributed by atoms with van der Waals surface area (Å²) in [4.78, 5) is 17.6. The van der Waals surface area contributed by atoms with Crippen LogP contribution in [-0.4, -0.2) is 39.4 Å². The van der Waals surface area contributed by atoms with Gasteiger partial charge >= 0.3 is 0 Å². The Kier molecular flexibility index (Phi) is 3.66. The van der Waals surface area contributed by atoms with Crippen molar-refractivity contribution >= 4 is 17.7 Å². The van der Waals surface area contributed by atoms with E-state index in [1.807, 2.05) is 23.6 Å². The molecule has 0 radical (unpaired) electrons. The molecule has 1 saturated heterocycles. The quantitative estimate of drug-likeness (QED) is 0.720. The molecule has 1 amide bonds. The fraction of sp³-hybridized carbons (Fsp3) is 0.500. The molecule has 0 bridgehead atoms. The molecule has 1 aromatic rings. The fourth-order valence-electron chi connectivity index (χ4n) is 1.89. The first-order valence-electron chi connectivity index (χ1n) is 5.63. The van der Waals surface area contributed by atoms with Gasteiger partial charge < -0.3 is 4.90 Å². The van der Waals surface area contributed by atoms with Crippen molar-refractivity contribution in [2.75, 3.05) is 12.3 Å². The van der Waals surface area contributed by atoms with Crippen LogP contribution >= 0.6 is 11.8 Å². The summed E-state index contributed by atoms with van der Waals surface area (Å²) in [5.74, 6) is 0.334. The second-order valence-electron chi connectivity index (χ2n) is 4.18. The number of carbonyl (C=O) groups excluding carboxylic acids is 1. The molecule has 1 aromatic heterocycles. The first-order chi connectivity index (χ1) is 8.09. The third kappa shape index (κ3) is 2.60. The molecule has 2 rings (SSSR count). The Morgan fingerprint density at radius 1 is 1.53 bits per heavy atom. The minimum atomic E-state index is -0.558. The summed E-state index contributed by atoms with van der Waals surface area (Å²) in [6.07, 6.45) is 1.30. The number of hydrogen-bond donors (Lipinski definition) is 0. The van der Waals surface area contributed by atoms with Crippen LogP contribution in [0.2, 0.25) is 0 Å². The predicted octanol–water partition coefficient (Wildman–Crippen LogP) is 2.19. The number of pyridine rings is 1. The first-order valence-corrected chi connectivity index (χ1v) is 6.68. The highest BCUT2D eigenvalue weighted by molar-refractivity contribution is 8.00. The van der Waals surface area contributed by atoms with Crippen molar-refractivity contribution in [2.24, 2.45) is 0 Å².